The first-order valence-corrected chi connectivity index (χ1v) is 9.65. The maximum absolute atomic E-state index is 13.5. The van der Waals surface area contributed by atoms with Crippen LogP contribution in [0, 0.1) is 12.7 Å². The van der Waals surface area contributed by atoms with E-state index in [4.69, 9.17) is 0 Å². The van der Waals surface area contributed by atoms with E-state index in [2.05, 4.69) is 15.4 Å². The lowest BCUT2D eigenvalue weighted by atomic mass is 10.1. The second-order valence-electron chi connectivity index (χ2n) is 7.17. The number of nitrogens with one attached hydrogen (secondary N) is 1. The summed E-state index contributed by atoms with van der Waals surface area (Å²) in [5, 5.41) is 7.60. The number of amides is 1. The largest absolute Gasteiger partial charge is 0.345 e. The number of pyridine rings is 1. The topological polar surface area (TPSA) is 59.8 Å². The summed E-state index contributed by atoms with van der Waals surface area (Å²) >= 11 is 0. The quantitative estimate of drug-likeness (QED) is 0.520. The molecule has 0 spiro atoms. The summed E-state index contributed by atoms with van der Waals surface area (Å²) in [6.07, 6.45) is 4.40. The third-order valence-electron chi connectivity index (χ3n) is 4.88. The van der Waals surface area contributed by atoms with E-state index < -0.39 is 11.9 Å². The predicted molar refractivity (Wildman–Crippen MR) is 114 cm³/mol. The van der Waals surface area contributed by atoms with Crippen LogP contribution in [0.4, 0.5) is 4.39 Å². The zero-order chi connectivity index (χ0) is 21.1. The van der Waals surface area contributed by atoms with Crippen molar-refractivity contribution in [3.8, 4) is 16.9 Å². The van der Waals surface area contributed by atoms with Gasteiger partial charge in [0.05, 0.1) is 23.5 Å². The van der Waals surface area contributed by atoms with Gasteiger partial charge in [0.1, 0.15) is 11.5 Å². The molecule has 0 aliphatic rings. The van der Waals surface area contributed by atoms with Crippen LogP contribution >= 0.6 is 0 Å². The highest BCUT2D eigenvalue weighted by atomic mass is 19.1. The minimum Gasteiger partial charge on any atom is -0.345 e. The van der Waals surface area contributed by atoms with E-state index in [9.17, 15) is 9.18 Å². The maximum atomic E-state index is 13.5. The van der Waals surface area contributed by atoms with Crippen LogP contribution in [-0.2, 0) is 0 Å². The van der Waals surface area contributed by atoms with Crippen LogP contribution in [0.5, 0.6) is 0 Å². The first-order valence-electron chi connectivity index (χ1n) is 9.65. The van der Waals surface area contributed by atoms with Gasteiger partial charge in [-0.15, -0.1) is 0 Å². The molecule has 2 aromatic carbocycles. The first kappa shape index (κ1) is 19.5. The molecule has 1 amide bonds. The number of carbonyl (C=O) groups is 1. The summed E-state index contributed by atoms with van der Waals surface area (Å²) in [6.45, 7) is 3.81. The van der Waals surface area contributed by atoms with Crippen molar-refractivity contribution in [1.29, 1.82) is 0 Å². The van der Waals surface area contributed by atoms with E-state index in [1.807, 2.05) is 61.5 Å². The van der Waals surface area contributed by atoms with Crippen molar-refractivity contribution in [2.45, 2.75) is 19.9 Å². The molecule has 30 heavy (non-hydrogen) atoms. The Kier molecular flexibility index (Phi) is 5.39. The van der Waals surface area contributed by atoms with Gasteiger partial charge in [-0.3, -0.25) is 9.78 Å². The van der Waals surface area contributed by atoms with E-state index in [1.54, 1.807) is 24.0 Å². The number of hydrogen-bond donors (Lipinski definition) is 1. The SMILES string of the molecule is Cc1ccc(-n2cc(C(=O)N[C@H](C)c3cncc(F)c3)c(-c3ccccc3)n2)cc1. The van der Waals surface area contributed by atoms with E-state index >= 15 is 0 Å². The lowest BCUT2D eigenvalue weighted by molar-refractivity contribution is 0.0940. The lowest BCUT2D eigenvalue weighted by Crippen LogP contribution is -2.27. The average molecular weight is 400 g/mol. The van der Waals surface area contributed by atoms with Crippen molar-refractivity contribution < 1.29 is 9.18 Å². The molecular weight excluding hydrogens is 379 g/mol. The molecule has 150 valence electrons. The minimum atomic E-state index is -0.439. The molecule has 2 heterocycles. The van der Waals surface area contributed by atoms with Crippen LogP contribution in [0.25, 0.3) is 16.9 Å². The second kappa shape index (κ2) is 8.29. The molecule has 0 radical (unpaired) electrons. The van der Waals surface area contributed by atoms with Gasteiger partial charge in [-0.2, -0.15) is 5.10 Å². The molecule has 0 saturated carbocycles. The van der Waals surface area contributed by atoms with E-state index in [0.717, 1.165) is 23.0 Å². The van der Waals surface area contributed by atoms with E-state index in [1.165, 1.54) is 6.07 Å². The molecular formula is C24H21FN4O. The van der Waals surface area contributed by atoms with Crippen molar-refractivity contribution >= 4 is 5.91 Å². The standard InChI is InChI=1S/C24H21FN4O/c1-16-8-10-21(11-9-16)29-15-22(23(28-29)18-6-4-3-5-7-18)24(30)27-17(2)19-12-20(25)14-26-13-19/h3-15,17H,1-2H3,(H,27,30)/t17-/m1/s1. The molecule has 4 rings (SSSR count). The van der Waals surface area contributed by atoms with Crippen molar-refractivity contribution in [3.63, 3.8) is 0 Å². The Morgan fingerprint density at radius 2 is 1.80 bits per heavy atom. The Balaban J connectivity index is 1.70. The number of halogens is 1. The van der Waals surface area contributed by atoms with Gasteiger partial charge >= 0.3 is 0 Å². The molecule has 6 heteroatoms. The molecule has 5 nitrogen and oxygen atoms in total. The number of nitrogens with zero attached hydrogens (tertiary/aromatic N) is 3. The van der Waals surface area contributed by atoms with E-state index in [-0.39, 0.29) is 5.91 Å². The molecule has 0 fully saturated rings. The van der Waals surface area contributed by atoms with Gasteiger partial charge in [-0.25, -0.2) is 9.07 Å². The lowest BCUT2D eigenvalue weighted by Gasteiger charge is -2.14. The fourth-order valence-corrected chi connectivity index (χ4v) is 3.20. The maximum Gasteiger partial charge on any atom is 0.255 e. The molecule has 2 aromatic heterocycles. The molecule has 0 unspecified atom stereocenters. The van der Waals surface area contributed by atoms with Gasteiger partial charge in [0.2, 0.25) is 0 Å². The van der Waals surface area contributed by atoms with Gasteiger partial charge < -0.3 is 5.32 Å². The summed E-state index contributed by atoms with van der Waals surface area (Å²) in [7, 11) is 0. The van der Waals surface area contributed by atoms with Gasteiger partial charge in [0, 0.05) is 18.0 Å². The second-order valence-corrected chi connectivity index (χ2v) is 7.17. The van der Waals surface area contributed by atoms with Gasteiger partial charge in [-0.05, 0) is 37.6 Å². The van der Waals surface area contributed by atoms with E-state index in [0.29, 0.717) is 16.8 Å². The average Bonchev–Trinajstić information content (AvgIpc) is 3.20. The highest BCUT2D eigenvalue weighted by molar-refractivity contribution is 6.00. The summed E-state index contributed by atoms with van der Waals surface area (Å²) in [6, 6.07) is 18.4. The number of hydrogen-bond acceptors (Lipinski definition) is 3. The summed E-state index contributed by atoms with van der Waals surface area (Å²) in [5.74, 6) is -0.727. The summed E-state index contributed by atoms with van der Waals surface area (Å²) in [4.78, 5) is 17.0. The highest BCUT2D eigenvalue weighted by Crippen LogP contribution is 2.25. The molecule has 0 saturated heterocycles. The van der Waals surface area contributed by atoms with Crippen LogP contribution in [0.3, 0.4) is 0 Å². The Morgan fingerprint density at radius 1 is 1.07 bits per heavy atom. The van der Waals surface area contributed by atoms with Crippen LogP contribution < -0.4 is 5.32 Å². The third kappa shape index (κ3) is 4.12. The Morgan fingerprint density at radius 3 is 2.50 bits per heavy atom. The van der Waals surface area contributed by atoms with Gasteiger partial charge in [0.25, 0.3) is 5.91 Å². The molecule has 0 aliphatic heterocycles. The Labute approximate surface area is 174 Å². The molecule has 1 N–H and O–H groups in total. The summed E-state index contributed by atoms with van der Waals surface area (Å²) in [5.41, 5.74) is 4.46. The molecule has 0 bridgehead atoms. The Hall–Kier alpha value is -3.80. The number of aromatic nitrogens is 3. The van der Waals surface area contributed by atoms with Crippen LogP contribution in [0.1, 0.15) is 34.5 Å². The Bertz CT molecular complexity index is 1170. The number of benzene rings is 2. The van der Waals surface area contributed by atoms with Crippen LogP contribution in [0.15, 0.2) is 79.3 Å². The smallest absolute Gasteiger partial charge is 0.255 e. The highest BCUT2D eigenvalue weighted by Gasteiger charge is 2.20. The fourth-order valence-electron chi connectivity index (χ4n) is 3.20. The zero-order valence-electron chi connectivity index (χ0n) is 16.7. The van der Waals surface area contributed by atoms with Crippen molar-refractivity contribution in [2.24, 2.45) is 0 Å². The molecule has 0 aliphatic carbocycles. The van der Waals surface area contributed by atoms with Gasteiger partial charge in [-0.1, -0.05) is 48.0 Å². The number of rotatable bonds is 5. The van der Waals surface area contributed by atoms with Crippen molar-refractivity contribution in [1.82, 2.24) is 20.1 Å². The first-order chi connectivity index (χ1) is 14.5. The zero-order valence-corrected chi connectivity index (χ0v) is 16.7. The minimum absolute atomic E-state index is 0.288. The fraction of sp³-hybridized carbons (Fsp3) is 0.125. The number of aryl methyl sites for hydroxylation is 1. The number of carbonyl (C=O) groups excluding carboxylic acids is 1. The predicted octanol–water partition coefficient (Wildman–Crippen LogP) is 4.87. The normalized spacial score (nSPS) is 11.8. The third-order valence-corrected chi connectivity index (χ3v) is 4.88. The monoisotopic (exact) mass is 400 g/mol. The molecule has 4 aromatic rings. The van der Waals surface area contributed by atoms with Gasteiger partial charge in [0.15, 0.2) is 0 Å². The van der Waals surface area contributed by atoms with Crippen molar-refractivity contribution in [2.75, 3.05) is 0 Å². The summed E-state index contributed by atoms with van der Waals surface area (Å²) < 4.78 is 15.2. The van der Waals surface area contributed by atoms with Crippen molar-refractivity contribution in [3.05, 3.63) is 102 Å². The van der Waals surface area contributed by atoms with Crippen LogP contribution in [-0.4, -0.2) is 20.7 Å². The van der Waals surface area contributed by atoms with Crippen LogP contribution in [0.2, 0.25) is 0 Å². The molecule has 1 atom stereocenters.